The summed E-state index contributed by atoms with van der Waals surface area (Å²) in [5, 5.41) is 23.7. The third-order valence-corrected chi connectivity index (χ3v) is 3.59. The van der Waals surface area contributed by atoms with Crippen LogP contribution in [-0.2, 0) is 0 Å². The van der Waals surface area contributed by atoms with E-state index in [1.807, 2.05) is 0 Å². The molecule has 7 heteroatoms. The smallest absolute Gasteiger partial charge is 0.283 e. The van der Waals surface area contributed by atoms with Crippen molar-refractivity contribution >= 4 is 23.2 Å². The van der Waals surface area contributed by atoms with E-state index in [9.17, 15) is 20.0 Å². The molecule has 110 valence electrons. The molecule has 0 spiro atoms. The van der Waals surface area contributed by atoms with Crippen LogP contribution < -0.4 is 5.32 Å². The molecule has 1 rings (SSSR count). The first-order valence-corrected chi connectivity index (χ1v) is 6.32. The van der Waals surface area contributed by atoms with Crippen molar-refractivity contribution in [3.63, 3.8) is 0 Å². The van der Waals surface area contributed by atoms with Crippen molar-refractivity contribution in [2.75, 3.05) is 0 Å². The lowest BCUT2D eigenvalue weighted by atomic mass is 9.85. The van der Waals surface area contributed by atoms with E-state index in [-0.39, 0.29) is 16.3 Å². The summed E-state index contributed by atoms with van der Waals surface area (Å²) in [6.07, 6.45) is 0. The minimum absolute atomic E-state index is 0.100. The molecule has 1 amide bonds. The number of aliphatic hydroxyl groups is 1. The summed E-state index contributed by atoms with van der Waals surface area (Å²) in [7, 11) is 0. The summed E-state index contributed by atoms with van der Waals surface area (Å²) >= 11 is 5.70. The van der Waals surface area contributed by atoms with Gasteiger partial charge in [0.15, 0.2) is 0 Å². The molecule has 2 N–H and O–H groups in total. The molecule has 0 aromatic heterocycles. The summed E-state index contributed by atoms with van der Waals surface area (Å²) in [4.78, 5) is 22.5. The molecule has 0 radical (unpaired) electrons. The van der Waals surface area contributed by atoms with E-state index in [0.29, 0.717) is 0 Å². The van der Waals surface area contributed by atoms with Gasteiger partial charge in [-0.15, -0.1) is 0 Å². The van der Waals surface area contributed by atoms with Crippen molar-refractivity contribution in [2.24, 2.45) is 0 Å². The highest BCUT2D eigenvalue weighted by atomic mass is 35.5. The summed E-state index contributed by atoms with van der Waals surface area (Å²) in [5.74, 6) is -0.638. The Morgan fingerprint density at radius 1 is 1.35 bits per heavy atom. The van der Waals surface area contributed by atoms with E-state index in [0.717, 1.165) is 6.07 Å². The van der Waals surface area contributed by atoms with Crippen molar-refractivity contribution in [1.29, 1.82) is 0 Å². The number of rotatable bonds is 4. The summed E-state index contributed by atoms with van der Waals surface area (Å²) in [6.45, 7) is 6.35. The van der Waals surface area contributed by atoms with Gasteiger partial charge in [-0.05, 0) is 39.8 Å². The molecule has 0 aliphatic heterocycles. The second kappa shape index (κ2) is 5.38. The van der Waals surface area contributed by atoms with Gasteiger partial charge < -0.3 is 10.4 Å². The molecule has 0 unspecified atom stereocenters. The van der Waals surface area contributed by atoms with E-state index < -0.39 is 22.0 Å². The predicted molar refractivity (Wildman–Crippen MR) is 75.9 cm³/mol. The number of amides is 1. The normalized spacial score (nSPS) is 12.1. The van der Waals surface area contributed by atoms with E-state index >= 15 is 0 Å². The number of halogens is 1. The molecule has 0 aliphatic carbocycles. The molecule has 0 heterocycles. The van der Waals surface area contributed by atoms with Crippen molar-refractivity contribution in [1.82, 2.24) is 5.32 Å². The second-order valence-electron chi connectivity index (χ2n) is 5.56. The molecular weight excluding hydrogens is 284 g/mol. The maximum atomic E-state index is 12.2. The molecule has 0 bridgehead atoms. The number of nitro benzene ring substituents is 1. The van der Waals surface area contributed by atoms with Crippen molar-refractivity contribution in [2.45, 2.75) is 38.8 Å². The van der Waals surface area contributed by atoms with Gasteiger partial charge in [0, 0.05) is 11.1 Å². The van der Waals surface area contributed by atoms with Gasteiger partial charge in [0.1, 0.15) is 5.56 Å². The zero-order chi connectivity index (χ0) is 15.7. The van der Waals surface area contributed by atoms with Gasteiger partial charge in [0.2, 0.25) is 0 Å². The highest BCUT2D eigenvalue weighted by molar-refractivity contribution is 6.31. The molecule has 6 nitrogen and oxygen atoms in total. The Bertz CT molecular complexity index is 550. The van der Waals surface area contributed by atoms with Gasteiger partial charge in [-0.25, -0.2) is 0 Å². The van der Waals surface area contributed by atoms with Crippen molar-refractivity contribution < 1.29 is 14.8 Å². The fourth-order valence-corrected chi connectivity index (χ4v) is 1.52. The summed E-state index contributed by atoms with van der Waals surface area (Å²) in [6, 6.07) is 3.81. The lowest BCUT2D eigenvalue weighted by molar-refractivity contribution is -0.385. The fourth-order valence-electron chi connectivity index (χ4n) is 1.35. The monoisotopic (exact) mass is 300 g/mol. The molecular formula is C13H17ClN2O4. The van der Waals surface area contributed by atoms with Gasteiger partial charge in [0.05, 0.1) is 16.1 Å². The third kappa shape index (κ3) is 3.46. The SMILES string of the molecule is CC(C)(O)C(C)(C)NC(=O)c1ccc(Cl)cc1[N+](=O)[O-]. The van der Waals surface area contributed by atoms with E-state index in [4.69, 9.17) is 11.6 Å². The number of nitro groups is 1. The number of nitrogens with zero attached hydrogens (tertiary/aromatic N) is 1. The van der Waals surface area contributed by atoms with Crippen LogP contribution in [0.2, 0.25) is 5.02 Å². The lowest BCUT2D eigenvalue weighted by Crippen LogP contribution is -2.57. The van der Waals surface area contributed by atoms with Crippen LogP contribution in [0.1, 0.15) is 38.1 Å². The summed E-state index contributed by atoms with van der Waals surface area (Å²) < 4.78 is 0. The van der Waals surface area contributed by atoms with Gasteiger partial charge in [0.25, 0.3) is 11.6 Å². The average molecular weight is 301 g/mol. The van der Waals surface area contributed by atoms with E-state index in [1.54, 1.807) is 27.7 Å². The Kier molecular flexibility index (Phi) is 4.41. The molecule has 0 saturated carbocycles. The van der Waals surface area contributed by atoms with Crippen LogP contribution in [-0.4, -0.2) is 27.1 Å². The number of hydrogen-bond acceptors (Lipinski definition) is 4. The minimum Gasteiger partial charge on any atom is -0.388 e. The quantitative estimate of drug-likeness (QED) is 0.660. The lowest BCUT2D eigenvalue weighted by Gasteiger charge is -2.37. The van der Waals surface area contributed by atoms with Crippen molar-refractivity contribution in [3.05, 3.63) is 38.9 Å². The Balaban J connectivity index is 3.14. The highest BCUT2D eigenvalue weighted by Crippen LogP contribution is 2.26. The van der Waals surface area contributed by atoms with Gasteiger partial charge in [-0.3, -0.25) is 14.9 Å². The first-order valence-electron chi connectivity index (χ1n) is 5.94. The number of carbonyl (C=O) groups is 1. The zero-order valence-electron chi connectivity index (χ0n) is 11.7. The molecule has 0 atom stereocenters. The van der Waals surface area contributed by atoms with Crippen LogP contribution >= 0.6 is 11.6 Å². The number of carbonyl (C=O) groups excluding carboxylic acids is 1. The van der Waals surface area contributed by atoms with E-state index in [1.165, 1.54) is 12.1 Å². The molecule has 1 aromatic rings. The zero-order valence-corrected chi connectivity index (χ0v) is 12.5. The average Bonchev–Trinajstić information content (AvgIpc) is 2.26. The first-order chi connectivity index (χ1) is 8.95. The van der Waals surface area contributed by atoms with Gasteiger partial charge >= 0.3 is 0 Å². The van der Waals surface area contributed by atoms with E-state index in [2.05, 4.69) is 5.32 Å². The second-order valence-corrected chi connectivity index (χ2v) is 5.99. The maximum absolute atomic E-state index is 12.2. The van der Waals surface area contributed by atoms with Crippen LogP contribution in [0.25, 0.3) is 0 Å². The standard InChI is InChI=1S/C13H17ClN2O4/c1-12(2,13(3,4)18)15-11(17)9-6-5-8(14)7-10(9)16(19)20/h5-7,18H,1-4H3,(H,15,17). The minimum atomic E-state index is -1.19. The summed E-state index contributed by atoms with van der Waals surface area (Å²) in [5.41, 5.74) is -2.63. The number of benzene rings is 1. The van der Waals surface area contributed by atoms with Crippen LogP contribution in [0, 0.1) is 10.1 Å². The Hall–Kier alpha value is -1.66. The molecule has 0 fully saturated rings. The van der Waals surface area contributed by atoms with Crippen LogP contribution in [0.4, 0.5) is 5.69 Å². The van der Waals surface area contributed by atoms with Gasteiger partial charge in [-0.2, -0.15) is 0 Å². The maximum Gasteiger partial charge on any atom is 0.283 e. The Morgan fingerprint density at radius 3 is 2.35 bits per heavy atom. The third-order valence-electron chi connectivity index (χ3n) is 3.36. The van der Waals surface area contributed by atoms with Crippen LogP contribution in [0.3, 0.4) is 0 Å². The number of nitrogens with one attached hydrogen (secondary N) is 1. The largest absolute Gasteiger partial charge is 0.388 e. The first kappa shape index (κ1) is 16.4. The predicted octanol–water partition coefficient (Wildman–Crippen LogP) is 2.53. The Morgan fingerprint density at radius 2 is 1.90 bits per heavy atom. The topological polar surface area (TPSA) is 92.5 Å². The highest BCUT2D eigenvalue weighted by Gasteiger charge is 2.37. The Labute approximate surface area is 121 Å². The number of hydrogen-bond donors (Lipinski definition) is 2. The fraction of sp³-hybridized carbons (Fsp3) is 0.462. The van der Waals surface area contributed by atoms with Gasteiger partial charge in [-0.1, -0.05) is 11.6 Å². The van der Waals surface area contributed by atoms with Crippen molar-refractivity contribution in [3.8, 4) is 0 Å². The van der Waals surface area contributed by atoms with Crippen LogP contribution in [0.5, 0.6) is 0 Å². The van der Waals surface area contributed by atoms with Crippen LogP contribution in [0.15, 0.2) is 18.2 Å². The molecule has 0 saturated heterocycles. The molecule has 1 aromatic carbocycles. The molecule has 0 aliphatic rings. The molecule has 20 heavy (non-hydrogen) atoms.